The van der Waals surface area contributed by atoms with Gasteiger partial charge in [-0.1, -0.05) is 36.8 Å². The molecule has 0 saturated carbocycles. The lowest BCUT2D eigenvalue weighted by molar-refractivity contribution is -0.139. The maximum atomic E-state index is 10.7. The Balaban J connectivity index is 2.66. The van der Waals surface area contributed by atoms with Crippen molar-refractivity contribution in [3.05, 3.63) is 35.9 Å². The van der Waals surface area contributed by atoms with Crippen molar-refractivity contribution in [1.82, 2.24) is 5.32 Å². The Bertz CT molecular complexity index is 340. The second-order valence-corrected chi connectivity index (χ2v) is 2.87. The Labute approximate surface area is 82.8 Å². The number of aliphatic carboxylic acids is 1. The first-order valence-electron chi connectivity index (χ1n) is 4.22. The van der Waals surface area contributed by atoms with E-state index in [0.717, 1.165) is 5.56 Å². The van der Waals surface area contributed by atoms with Gasteiger partial charge in [-0.05, 0) is 5.56 Å². The molecule has 0 aliphatic carbocycles. The Kier molecular flexibility index (Phi) is 3.57. The Morgan fingerprint density at radius 3 is 2.64 bits per heavy atom. The summed E-state index contributed by atoms with van der Waals surface area (Å²) in [5.41, 5.74) is 0.947. The van der Waals surface area contributed by atoms with Gasteiger partial charge in [0.2, 0.25) is 0 Å². The van der Waals surface area contributed by atoms with Gasteiger partial charge in [-0.3, -0.25) is 0 Å². The van der Waals surface area contributed by atoms with Gasteiger partial charge in [-0.2, -0.15) is 0 Å². The summed E-state index contributed by atoms with van der Waals surface area (Å²) >= 11 is 0. The normalized spacial score (nSPS) is 11.4. The van der Waals surface area contributed by atoms with Gasteiger partial charge >= 0.3 is 5.97 Å². The van der Waals surface area contributed by atoms with Gasteiger partial charge in [-0.25, -0.2) is 4.79 Å². The summed E-state index contributed by atoms with van der Waals surface area (Å²) in [5.74, 6) is -0.938. The molecule has 0 unspecified atom stereocenters. The third-order valence-electron chi connectivity index (χ3n) is 1.84. The summed E-state index contributed by atoms with van der Waals surface area (Å²) in [4.78, 5) is 10.7. The molecule has 0 bridgehead atoms. The molecule has 0 spiro atoms. The molecule has 0 amide bonds. The highest BCUT2D eigenvalue weighted by molar-refractivity contribution is 5.74. The number of hydrogen-bond acceptors (Lipinski definition) is 2. The molecular weight excluding hydrogens is 178 g/mol. The molecule has 0 heterocycles. The molecule has 3 heteroatoms. The lowest BCUT2D eigenvalue weighted by Gasteiger charge is -2.10. The second-order valence-electron chi connectivity index (χ2n) is 2.87. The molecule has 0 aliphatic heterocycles. The summed E-state index contributed by atoms with van der Waals surface area (Å²) in [6.07, 6.45) is 5.39. The van der Waals surface area contributed by atoms with Crippen molar-refractivity contribution in [3.63, 3.8) is 0 Å². The van der Waals surface area contributed by atoms with Crippen LogP contribution in [0.1, 0.15) is 5.56 Å². The molecule has 1 rings (SSSR count). The van der Waals surface area contributed by atoms with Crippen LogP contribution in [-0.4, -0.2) is 17.1 Å². The van der Waals surface area contributed by atoms with Crippen molar-refractivity contribution in [1.29, 1.82) is 0 Å². The van der Waals surface area contributed by atoms with Crippen LogP contribution in [0.25, 0.3) is 0 Å². The van der Waals surface area contributed by atoms with Crippen molar-refractivity contribution in [3.8, 4) is 12.5 Å². The van der Waals surface area contributed by atoms with E-state index < -0.39 is 12.0 Å². The molecule has 1 aromatic rings. The highest BCUT2D eigenvalue weighted by Crippen LogP contribution is 2.02. The molecule has 1 atom stereocenters. The number of terminal acetylenes is 1. The predicted octanol–water partition coefficient (Wildman–Crippen LogP) is 0.863. The van der Waals surface area contributed by atoms with Crippen LogP contribution in [0.3, 0.4) is 0 Å². The first-order chi connectivity index (χ1) is 6.74. The van der Waals surface area contributed by atoms with Crippen LogP contribution in [0.15, 0.2) is 30.3 Å². The number of rotatable bonds is 4. The van der Waals surface area contributed by atoms with Crippen LogP contribution < -0.4 is 5.32 Å². The minimum absolute atomic E-state index is 0.389. The van der Waals surface area contributed by atoms with Crippen LogP contribution in [-0.2, 0) is 11.2 Å². The highest BCUT2D eigenvalue weighted by Gasteiger charge is 2.15. The Morgan fingerprint density at radius 2 is 2.14 bits per heavy atom. The fourth-order valence-electron chi connectivity index (χ4n) is 1.15. The quantitative estimate of drug-likeness (QED) is 0.545. The number of nitrogens with one attached hydrogen (secondary N) is 1. The zero-order valence-electron chi connectivity index (χ0n) is 7.60. The molecule has 3 nitrogen and oxygen atoms in total. The molecule has 14 heavy (non-hydrogen) atoms. The maximum Gasteiger partial charge on any atom is 0.327 e. The summed E-state index contributed by atoms with van der Waals surface area (Å²) in [5, 5.41) is 11.3. The van der Waals surface area contributed by atoms with Crippen LogP contribution in [0.5, 0.6) is 0 Å². The Hall–Kier alpha value is -1.95. The molecule has 0 aliphatic rings. The van der Waals surface area contributed by atoms with Crippen LogP contribution >= 0.6 is 0 Å². The van der Waals surface area contributed by atoms with Gasteiger partial charge in [0.25, 0.3) is 0 Å². The van der Waals surface area contributed by atoms with E-state index in [9.17, 15) is 4.79 Å². The first-order valence-corrected chi connectivity index (χ1v) is 4.22. The van der Waals surface area contributed by atoms with E-state index in [1.54, 1.807) is 0 Å². The number of carbonyl (C=O) groups is 1. The number of hydrogen-bond donors (Lipinski definition) is 2. The van der Waals surface area contributed by atoms with Crippen molar-refractivity contribution >= 4 is 5.97 Å². The lowest BCUT2D eigenvalue weighted by atomic mass is 10.1. The SMILES string of the molecule is C#CN[C@@H](Cc1ccccc1)C(=O)O. The minimum atomic E-state index is -0.938. The van der Waals surface area contributed by atoms with Gasteiger partial charge in [0, 0.05) is 12.5 Å². The van der Waals surface area contributed by atoms with Crippen LogP contribution in [0.2, 0.25) is 0 Å². The zero-order valence-corrected chi connectivity index (χ0v) is 7.60. The largest absolute Gasteiger partial charge is 0.480 e. The first kappa shape index (κ1) is 10.1. The fourth-order valence-corrected chi connectivity index (χ4v) is 1.15. The summed E-state index contributed by atoms with van der Waals surface area (Å²) < 4.78 is 0. The minimum Gasteiger partial charge on any atom is -0.480 e. The van der Waals surface area contributed by atoms with Crippen molar-refractivity contribution < 1.29 is 9.90 Å². The van der Waals surface area contributed by atoms with E-state index in [0.29, 0.717) is 6.42 Å². The van der Waals surface area contributed by atoms with Gasteiger partial charge in [0.15, 0.2) is 0 Å². The molecule has 0 aromatic heterocycles. The number of carboxylic acids is 1. The molecule has 72 valence electrons. The highest BCUT2D eigenvalue weighted by atomic mass is 16.4. The smallest absolute Gasteiger partial charge is 0.327 e. The third-order valence-corrected chi connectivity index (χ3v) is 1.84. The van der Waals surface area contributed by atoms with Crippen molar-refractivity contribution in [2.45, 2.75) is 12.5 Å². The summed E-state index contributed by atoms with van der Waals surface area (Å²) in [6, 6.07) is 10.8. The molecular formula is C11H11NO2. The summed E-state index contributed by atoms with van der Waals surface area (Å²) in [6.45, 7) is 0. The van der Waals surface area contributed by atoms with E-state index in [1.807, 2.05) is 30.3 Å². The maximum absolute atomic E-state index is 10.7. The molecule has 0 saturated heterocycles. The molecule has 0 fully saturated rings. The van der Waals surface area contributed by atoms with E-state index in [4.69, 9.17) is 11.5 Å². The van der Waals surface area contributed by atoms with E-state index in [2.05, 4.69) is 11.4 Å². The van der Waals surface area contributed by atoms with Crippen LogP contribution in [0.4, 0.5) is 0 Å². The van der Waals surface area contributed by atoms with Gasteiger partial charge in [-0.15, -0.1) is 0 Å². The van der Waals surface area contributed by atoms with Crippen molar-refractivity contribution in [2.75, 3.05) is 0 Å². The predicted molar refractivity (Wildman–Crippen MR) is 53.5 cm³/mol. The third kappa shape index (κ3) is 2.83. The molecule has 2 N–H and O–H groups in total. The van der Waals surface area contributed by atoms with E-state index in [1.165, 1.54) is 0 Å². The average Bonchev–Trinajstić information content (AvgIpc) is 2.18. The second kappa shape index (κ2) is 4.93. The zero-order chi connectivity index (χ0) is 10.4. The summed E-state index contributed by atoms with van der Waals surface area (Å²) in [7, 11) is 0. The average molecular weight is 189 g/mol. The topological polar surface area (TPSA) is 49.3 Å². The van der Waals surface area contributed by atoms with Crippen LogP contribution in [0, 0.1) is 12.5 Å². The number of benzene rings is 1. The van der Waals surface area contributed by atoms with Crippen molar-refractivity contribution in [2.24, 2.45) is 0 Å². The van der Waals surface area contributed by atoms with Gasteiger partial charge < -0.3 is 10.4 Å². The monoisotopic (exact) mass is 189 g/mol. The van der Waals surface area contributed by atoms with E-state index >= 15 is 0 Å². The van der Waals surface area contributed by atoms with Gasteiger partial charge in [0.1, 0.15) is 6.04 Å². The number of carboxylic acid groups (broad SMARTS) is 1. The fraction of sp³-hybridized carbons (Fsp3) is 0.182. The lowest BCUT2D eigenvalue weighted by Crippen LogP contribution is -2.35. The molecule has 0 radical (unpaired) electrons. The Morgan fingerprint density at radius 1 is 1.50 bits per heavy atom. The van der Waals surface area contributed by atoms with Gasteiger partial charge in [0.05, 0.1) is 0 Å². The van der Waals surface area contributed by atoms with E-state index in [-0.39, 0.29) is 0 Å². The molecule has 1 aromatic carbocycles. The standard InChI is InChI=1S/C11H11NO2/c1-2-12-10(11(13)14)8-9-6-4-3-5-7-9/h1,3-7,10,12H,8H2,(H,13,14)/t10-/m0/s1.